The van der Waals surface area contributed by atoms with E-state index in [0.29, 0.717) is 12.1 Å². The van der Waals surface area contributed by atoms with Crippen LogP contribution in [0.4, 0.5) is 4.39 Å². The Bertz CT molecular complexity index is 1050. The van der Waals surface area contributed by atoms with E-state index in [2.05, 4.69) is 34.6 Å². The number of alkyl halides is 1. The molecule has 3 nitrogen and oxygen atoms in total. The van der Waals surface area contributed by atoms with Crippen molar-refractivity contribution >= 4 is 10.9 Å². The van der Waals surface area contributed by atoms with Gasteiger partial charge in [0.15, 0.2) is 5.67 Å². The third kappa shape index (κ3) is 3.33. The van der Waals surface area contributed by atoms with Crippen molar-refractivity contribution in [1.82, 2.24) is 9.47 Å². The molecular weight excluding hydrogens is 363 g/mol. The predicted molar refractivity (Wildman–Crippen MR) is 115 cm³/mol. The van der Waals surface area contributed by atoms with Gasteiger partial charge in [-0.1, -0.05) is 23.8 Å². The van der Waals surface area contributed by atoms with E-state index in [1.807, 2.05) is 24.3 Å². The summed E-state index contributed by atoms with van der Waals surface area (Å²) in [6.07, 6.45) is 3.67. The zero-order valence-electron chi connectivity index (χ0n) is 17.5. The topological polar surface area (TPSA) is 17.4 Å². The number of ether oxygens (including phenoxy) is 1. The molecule has 0 spiro atoms. The average Bonchev–Trinajstić information content (AvgIpc) is 3.53. The lowest BCUT2D eigenvalue weighted by Crippen LogP contribution is -2.34. The molecule has 2 heterocycles. The second-order valence-corrected chi connectivity index (χ2v) is 8.91. The van der Waals surface area contributed by atoms with Gasteiger partial charge in [-0.2, -0.15) is 0 Å². The predicted octanol–water partition coefficient (Wildman–Crippen LogP) is 5.36. The van der Waals surface area contributed by atoms with Crippen molar-refractivity contribution in [3.63, 3.8) is 0 Å². The molecule has 2 aliphatic rings. The highest BCUT2D eigenvalue weighted by molar-refractivity contribution is 5.86. The lowest BCUT2D eigenvalue weighted by molar-refractivity contribution is 0.157. The van der Waals surface area contributed by atoms with Crippen LogP contribution in [0.15, 0.2) is 42.5 Å². The number of rotatable bonds is 5. The molecule has 1 atom stereocenters. The summed E-state index contributed by atoms with van der Waals surface area (Å²) in [5.74, 6) is 0.754. The van der Waals surface area contributed by atoms with Gasteiger partial charge >= 0.3 is 0 Å². The maximum Gasteiger partial charge on any atom is 0.151 e. The van der Waals surface area contributed by atoms with E-state index in [9.17, 15) is 0 Å². The van der Waals surface area contributed by atoms with E-state index in [1.165, 1.54) is 35.0 Å². The Balaban J connectivity index is 1.57. The van der Waals surface area contributed by atoms with Crippen molar-refractivity contribution in [2.45, 2.75) is 57.9 Å². The van der Waals surface area contributed by atoms with Crippen LogP contribution in [0.3, 0.4) is 0 Å². The molecule has 0 amide bonds. The van der Waals surface area contributed by atoms with Gasteiger partial charge in [0.25, 0.3) is 0 Å². The number of halogens is 1. The van der Waals surface area contributed by atoms with E-state index < -0.39 is 5.67 Å². The zero-order chi connectivity index (χ0) is 20.2. The second kappa shape index (κ2) is 6.88. The average molecular weight is 393 g/mol. The Kier molecular flexibility index (Phi) is 4.43. The Labute approximate surface area is 172 Å². The van der Waals surface area contributed by atoms with Gasteiger partial charge in [0.05, 0.1) is 13.7 Å². The minimum absolute atomic E-state index is 0.326. The van der Waals surface area contributed by atoms with Crippen LogP contribution in [0.1, 0.15) is 42.1 Å². The lowest BCUT2D eigenvalue weighted by atomic mass is 9.97. The van der Waals surface area contributed by atoms with E-state index in [1.54, 1.807) is 14.0 Å². The molecular formula is C25H29FN2O. The smallest absolute Gasteiger partial charge is 0.151 e. The maximum absolute atomic E-state index is 16.0. The van der Waals surface area contributed by atoms with Gasteiger partial charge in [-0.05, 0) is 68.5 Å². The Hall–Kier alpha value is -2.33. The molecule has 5 rings (SSSR count). The van der Waals surface area contributed by atoms with Crippen LogP contribution in [0.2, 0.25) is 0 Å². The fourth-order valence-corrected chi connectivity index (χ4v) is 4.84. The van der Waals surface area contributed by atoms with E-state index in [0.717, 1.165) is 36.8 Å². The van der Waals surface area contributed by atoms with Gasteiger partial charge < -0.3 is 9.30 Å². The Morgan fingerprint density at radius 1 is 1.14 bits per heavy atom. The molecule has 4 heteroatoms. The summed E-state index contributed by atoms with van der Waals surface area (Å²) in [5.41, 5.74) is 4.39. The van der Waals surface area contributed by atoms with Gasteiger partial charge in [-0.3, -0.25) is 4.90 Å². The van der Waals surface area contributed by atoms with Crippen LogP contribution in [0, 0.1) is 6.92 Å². The number of hydrogen-bond acceptors (Lipinski definition) is 2. The van der Waals surface area contributed by atoms with Crippen molar-refractivity contribution in [2.24, 2.45) is 0 Å². The summed E-state index contributed by atoms with van der Waals surface area (Å²) >= 11 is 0. The quantitative estimate of drug-likeness (QED) is 0.581. The monoisotopic (exact) mass is 392 g/mol. The third-order valence-corrected chi connectivity index (χ3v) is 6.65. The van der Waals surface area contributed by atoms with Crippen LogP contribution in [0.5, 0.6) is 5.75 Å². The van der Waals surface area contributed by atoms with Crippen molar-refractivity contribution in [2.75, 3.05) is 13.7 Å². The molecule has 0 bridgehead atoms. The summed E-state index contributed by atoms with van der Waals surface area (Å²) in [4.78, 5) is 2.59. The molecule has 29 heavy (non-hydrogen) atoms. The SMILES string of the molecule is COc1ccc(C(C)(F)Cn2c3c(c4cc(C)ccc42)CCN(C2CC2)C3)cc1. The Morgan fingerprint density at radius 2 is 1.90 bits per heavy atom. The van der Waals surface area contributed by atoms with Gasteiger partial charge in [0, 0.05) is 35.7 Å². The highest BCUT2D eigenvalue weighted by atomic mass is 19.1. The zero-order valence-corrected chi connectivity index (χ0v) is 17.5. The first-order valence-corrected chi connectivity index (χ1v) is 10.6. The van der Waals surface area contributed by atoms with Gasteiger partial charge in [-0.25, -0.2) is 4.39 Å². The van der Waals surface area contributed by atoms with E-state index >= 15 is 4.39 Å². The summed E-state index contributed by atoms with van der Waals surface area (Å²) in [7, 11) is 1.63. The van der Waals surface area contributed by atoms with Crippen LogP contribution in [-0.4, -0.2) is 29.2 Å². The minimum Gasteiger partial charge on any atom is -0.497 e. The first-order valence-electron chi connectivity index (χ1n) is 10.6. The van der Waals surface area contributed by atoms with Crippen LogP contribution < -0.4 is 4.74 Å². The third-order valence-electron chi connectivity index (χ3n) is 6.65. The number of aromatic nitrogens is 1. The van der Waals surface area contributed by atoms with Gasteiger partial charge in [-0.15, -0.1) is 0 Å². The minimum atomic E-state index is -1.46. The number of nitrogens with zero attached hydrogens (tertiary/aromatic N) is 2. The van der Waals surface area contributed by atoms with E-state index in [4.69, 9.17) is 4.74 Å². The summed E-state index contributed by atoms with van der Waals surface area (Å²) in [6.45, 7) is 6.22. The summed E-state index contributed by atoms with van der Waals surface area (Å²) in [6, 6.07) is 14.7. The molecule has 0 N–H and O–H groups in total. The molecule has 1 aliphatic heterocycles. The summed E-state index contributed by atoms with van der Waals surface area (Å²) < 4.78 is 23.5. The number of benzene rings is 2. The largest absolute Gasteiger partial charge is 0.497 e. The fraction of sp³-hybridized carbons (Fsp3) is 0.440. The highest BCUT2D eigenvalue weighted by Gasteiger charge is 2.35. The van der Waals surface area contributed by atoms with Crippen molar-refractivity contribution in [3.8, 4) is 5.75 Å². The van der Waals surface area contributed by atoms with Crippen molar-refractivity contribution in [1.29, 1.82) is 0 Å². The van der Waals surface area contributed by atoms with Crippen LogP contribution >= 0.6 is 0 Å². The molecule has 2 aromatic carbocycles. The van der Waals surface area contributed by atoms with E-state index in [-0.39, 0.29) is 0 Å². The molecule has 1 fully saturated rings. The highest BCUT2D eigenvalue weighted by Crippen LogP contribution is 2.38. The normalized spacial score (nSPS) is 19.2. The number of hydrogen-bond donors (Lipinski definition) is 0. The molecule has 1 saturated carbocycles. The lowest BCUT2D eigenvalue weighted by Gasteiger charge is -2.30. The molecule has 1 aromatic heterocycles. The molecule has 0 radical (unpaired) electrons. The number of aryl methyl sites for hydroxylation is 1. The Morgan fingerprint density at radius 3 is 2.59 bits per heavy atom. The molecule has 1 aliphatic carbocycles. The molecule has 1 unspecified atom stereocenters. The molecule has 3 aromatic rings. The second-order valence-electron chi connectivity index (χ2n) is 8.91. The van der Waals surface area contributed by atoms with Gasteiger partial charge in [0.1, 0.15) is 5.75 Å². The summed E-state index contributed by atoms with van der Waals surface area (Å²) in [5, 5.41) is 1.31. The van der Waals surface area contributed by atoms with Crippen LogP contribution in [0.25, 0.3) is 10.9 Å². The molecule has 0 saturated heterocycles. The number of fused-ring (bicyclic) bond motifs is 3. The van der Waals surface area contributed by atoms with Crippen LogP contribution in [-0.2, 0) is 25.2 Å². The van der Waals surface area contributed by atoms with Crippen molar-refractivity contribution < 1.29 is 9.13 Å². The first-order chi connectivity index (χ1) is 14.0. The molecule has 152 valence electrons. The maximum atomic E-state index is 16.0. The first kappa shape index (κ1) is 18.7. The van der Waals surface area contributed by atoms with Crippen molar-refractivity contribution in [3.05, 3.63) is 64.8 Å². The number of methoxy groups -OCH3 is 1. The fourth-order valence-electron chi connectivity index (χ4n) is 4.84. The van der Waals surface area contributed by atoms with Gasteiger partial charge in [0.2, 0.25) is 0 Å². The standard InChI is InChI=1S/C25H29FN2O/c1-17-4-11-23-22(14-17)21-12-13-27(19-7-8-19)15-24(21)28(23)16-25(2,26)18-5-9-20(29-3)10-6-18/h4-6,9-11,14,19H,7-8,12-13,15-16H2,1-3H3.